The highest BCUT2D eigenvalue weighted by molar-refractivity contribution is 5.42. The summed E-state index contributed by atoms with van der Waals surface area (Å²) in [5.74, 6) is 1.51. The van der Waals surface area contributed by atoms with Crippen LogP contribution in [-0.4, -0.2) is 37.8 Å². The lowest BCUT2D eigenvalue weighted by Crippen LogP contribution is -2.29. The highest BCUT2D eigenvalue weighted by Gasteiger charge is 2.19. The minimum Gasteiger partial charge on any atom is -0.376 e. The second kappa shape index (κ2) is 7.76. The Kier molecular flexibility index (Phi) is 6.00. The molecule has 1 aromatic rings. The smallest absolute Gasteiger partial charge is 0.128 e. The van der Waals surface area contributed by atoms with E-state index in [1.54, 1.807) is 0 Å². The first kappa shape index (κ1) is 16.2. The van der Waals surface area contributed by atoms with E-state index in [2.05, 4.69) is 50.2 Å². The van der Waals surface area contributed by atoms with Crippen LogP contribution in [0.1, 0.15) is 50.8 Å². The molecular weight excluding hydrogens is 262 g/mol. The van der Waals surface area contributed by atoms with Crippen LogP contribution in [0.3, 0.4) is 0 Å². The molecule has 0 aliphatic carbocycles. The van der Waals surface area contributed by atoms with E-state index in [9.17, 15) is 0 Å². The predicted molar refractivity (Wildman–Crippen MR) is 88.0 cm³/mol. The maximum atomic E-state index is 5.74. The summed E-state index contributed by atoms with van der Waals surface area (Å²) in [6.07, 6.45) is 2.71. The van der Waals surface area contributed by atoms with Gasteiger partial charge in [0.15, 0.2) is 0 Å². The standard InChI is InChI=1S/C17H29N3O/c1-5-18-11-14-9-16(13(2)3)19-17(10-14)20(4)12-15-7-6-8-21-15/h9-10,13,15,18H,5-8,11-12H2,1-4H3. The van der Waals surface area contributed by atoms with Crippen molar-refractivity contribution in [3.05, 3.63) is 23.4 Å². The number of ether oxygens (including phenoxy) is 1. The van der Waals surface area contributed by atoms with Crippen molar-refractivity contribution in [1.82, 2.24) is 10.3 Å². The Morgan fingerprint density at radius 3 is 2.86 bits per heavy atom. The maximum absolute atomic E-state index is 5.74. The fourth-order valence-electron chi connectivity index (χ4n) is 2.64. The van der Waals surface area contributed by atoms with Crippen molar-refractivity contribution in [2.45, 2.75) is 52.2 Å². The van der Waals surface area contributed by atoms with Crippen molar-refractivity contribution in [2.24, 2.45) is 0 Å². The van der Waals surface area contributed by atoms with E-state index >= 15 is 0 Å². The van der Waals surface area contributed by atoms with Gasteiger partial charge in [-0.25, -0.2) is 4.98 Å². The van der Waals surface area contributed by atoms with E-state index in [1.165, 1.54) is 24.1 Å². The van der Waals surface area contributed by atoms with Crippen LogP contribution in [-0.2, 0) is 11.3 Å². The second-order valence-corrected chi connectivity index (χ2v) is 6.21. The Morgan fingerprint density at radius 1 is 1.43 bits per heavy atom. The highest BCUT2D eigenvalue weighted by Crippen LogP contribution is 2.21. The zero-order chi connectivity index (χ0) is 15.2. The molecule has 1 N–H and O–H groups in total. The van der Waals surface area contributed by atoms with Gasteiger partial charge in [-0.15, -0.1) is 0 Å². The number of aromatic nitrogens is 1. The minimum absolute atomic E-state index is 0.358. The van der Waals surface area contributed by atoms with E-state index in [1.807, 2.05) is 0 Å². The lowest BCUT2D eigenvalue weighted by Gasteiger charge is -2.23. The first-order valence-electron chi connectivity index (χ1n) is 8.14. The first-order valence-corrected chi connectivity index (χ1v) is 8.14. The lowest BCUT2D eigenvalue weighted by atomic mass is 10.1. The Hall–Kier alpha value is -1.13. The van der Waals surface area contributed by atoms with Crippen molar-refractivity contribution < 1.29 is 4.74 Å². The van der Waals surface area contributed by atoms with Crippen molar-refractivity contribution in [3.63, 3.8) is 0 Å². The third-order valence-electron chi connectivity index (χ3n) is 3.95. The molecule has 1 saturated heterocycles. The largest absolute Gasteiger partial charge is 0.376 e. The molecule has 0 saturated carbocycles. The van der Waals surface area contributed by atoms with Gasteiger partial charge in [0.25, 0.3) is 0 Å². The molecule has 0 spiro atoms. The number of pyridine rings is 1. The molecule has 4 nitrogen and oxygen atoms in total. The molecule has 21 heavy (non-hydrogen) atoms. The van der Waals surface area contributed by atoms with E-state index < -0.39 is 0 Å². The molecule has 1 aromatic heterocycles. The molecule has 2 heterocycles. The van der Waals surface area contributed by atoms with E-state index in [4.69, 9.17) is 9.72 Å². The summed E-state index contributed by atoms with van der Waals surface area (Å²) in [7, 11) is 2.12. The van der Waals surface area contributed by atoms with Crippen molar-refractivity contribution in [3.8, 4) is 0 Å². The van der Waals surface area contributed by atoms with Gasteiger partial charge in [-0.05, 0) is 43.0 Å². The minimum atomic E-state index is 0.358. The molecule has 118 valence electrons. The lowest BCUT2D eigenvalue weighted by molar-refractivity contribution is 0.116. The van der Waals surface area contributed by atoms with Crippen molar-refractivity contribution in [1.29, 1.82) is 0 Å². The number of nitrogens with one attached hydrogen (secondary N) is 1. The van der Waals surface area contributed by atoms with Gasteiger partial charge in [0.05, 0.1) is 6.10 Å². The zero-order valence-corrected chi connectivity index (χ0v) is 13.9. The Bertz CT molecular complexity index is 442. The van der Waals surface area contributed by atoms with Crippen LogP contribution < -0.4 is 10.2 Å². The van der Waals surface area contributed by atoms with Gasteiger partial charge in [-0.1, -0.05) is 20.8 Å². The van der Waals surface area contributed by atoms with Crippen LogP contribution in [0, 0.1) is 0 Å². The van der Waals surface area contributed by atoms with Gasteiger partial charge in [-0.2, -0.15) is 0 Å². The summed E-state index contributed by atoms with van der Waals surface area (Å²) in [6, 6.07) is 4.42. The summed E-state index contributed by atoms with van der Waals surface area (Å²) in [5, 5.41) is 3.40. The summed E-state index contributed by atoms with van der Waals surface area (Å²) >= 11 is 0. The fraction of sp³-hybridized carbons (Fsp3) is 0.706. The fourth-order valence-corrected chi connectivity index (χ4v) is 2.64. The normalized spacial score (nSPS) is 18.4. The van der Waals surface area contributed by atoms with E-state index in [0.29, 0.717) is 12.0 Å². The van der Waals surface area contributed by atoms with Crippen LogP contribution in [0.2, 0.25) is 0 Å². The molecule has 0 bridgehead atoms. The van der Waals surface area contributed by atoms with Crippen LogP contribution >= 0.6 is 0 Å². The average molecular weight is 291 g/mol. The van der Waals surface area contributed by atoms with E-state index in [-0.39, 0.29) is 0 Å². The van der Waals surface area contributed by atoms with E-state index in [0.717, 1.165) is 32.1 Å². The van der Waals surface area contributed by atoms with Crippen LogP contribution in [0.25, 0.3) is 0 Å². The predicted octanol–water partition coefficient (Wildman–Crippen LogP) is 2.93. The Labute approximate surface area is 128 Å². The Balaban J connectivity index is 2.13. The van der Waals surface area contributed by atoms with Crippen LogP contribution in [0.5, 0.6) is 0 Å². The third kappa shape index (κ3) is 4.68. The SMILES string of the molecule is CCNCc1cc(C(C)C)nc(N(C)CC2CCCO2)c1. The van der Waals surface area contributed by atoms with Crippen molar-refractivity contribution in [2.75, 3.05) is 31.6 Å². The number of rotatable bonds is 7. The van der Waals surface area contributed by atoms with Gasteiger partial charge in [-0.3, -0.25) is 0 Å². The quantitative estimate of drug-likeness (QED) is 0.838. The molecule has 1 fully saturated rings. The van der Waals surface area contributed by atoms with Crippen LogP contribution in [0.4, 0.5) is 5.82 Å². The molecule has 1 aliphatic heterocycles. The summed E-state index contributed by atoms with van der Waals surface area (Å²) in [4.78, 5) is 7.06. The average Bonchev–Trinajstić information content (AvgIpc) is 2.97. The second-order valence-electron chi connectivity index (χ2n) is 6.21. The van der Waals surface area contributed by atoms with Gasteiger partial charge in [0.1, 0.15) is 5.82 Å². The molecule has 0 radical (unpaired) electrons. The number of likely N-dealkylation sites (N-methyl/N-ethyl adjacent to an activating group) is 1. The number of hydrogen-bond donors (Lipinski definition) is 1. The molecule has 1 atom stereocenters. The van der Waals surface area contributed by atoms with Gasteiger partial charge >= 0.3 is 0 Å². The third-order valence-corrected chi connectivity index (χ3v) is 3.95. The van der Waals surface area contributed by atoms with Gasteiger partial charge in [0.2, 0.25) is 0 Å². The molecular formula is C17H29N3O. The molecule has 0 amide bonds. The van der Waals surface area contributed by atoms with Crippen molar-refractivity contribution >= 4 is 5.82 Å². The first-order chi connectivity index (χ1) is 10.1. The topological polar surface area (TPSA) is 37.4 Å². The molecule has 1 unspecified atom stereocenters. The highest BCUT2D eigenvalue weighted by atomic mass is 16.5. The Morgan fingerprint density at radius 2 is 2.24 bits per heavy atom. The molecule has 0 aromatic carbocycles. The number of nitrogens with zero attached hydrogens (tertiary/aromatic N) is 2. The molecule has 4 heteroatoms. The van der Waals surface area contributed by atoms with Gasteiger partial charge < -0.3 is 15.0 Å². The zero-order valence-electron chi connectivity index (χ0n) is 13.9. The summed E-state index contributed by atoms with van der Waals surface area (Å²) in [6.45, 7) is 10.3. The number of anilines is 1. The number of hydrogen-bond acceptors (Lipinski definition) is 4. The summed E-state index contributed by atoms with van der Waals surface area (Å²) in [5.41, 5.74) is 2.48. The maximum Gasteiger partial charge on any atom is 0.128 e. The summed E-state index contributed by atoms with van der Waals surface area (Å²) < 4.78 is 5.74. The monoisotopic (exact) mass is 291 g/mol. The molecule has 1 aliphatic rings. The van der Waals surface area contributed by atoms with Gasteiger partial charge in [0, 0.05) is 32.4 Å². The molecule has 2 rings (SSSR count). The van der Waals surface area contributed by atoms with Crippen LogP contribution in [0.15, 0.2) is 12.1 Å².